The van der Waals surface area contributed by atoms with E-state index in [1.807, 2.05) is 67.7 Å². The molecule has 2 aromatic carbocycles. The zero-order chi connectivity index (χ0) is 23.6. The second-order valence-electron chi connectivity index (χ2n) is 8.10. The molecular weight excluding hydrogens is 414 g/mol. The number of aliphatic hydroxyl groups excluding tert-OH is 1. The number of aromatic nitrogens is 2. The van der Waals surface area contributed by atoms with Gasteiger partial charge in [0, 0.05) is 31.7 Å². The van der Waals surface area contributed by atoms with Crippen LogP contribution in [0.2, 0.25) is 0 Å². The number of ether oxygens (including phenoxy) is 2. The van der Waals surface area contributed by atoms with Crippen molar-refractivity contribution in [3.63, 3.8) is 0 Å². The summed E-state index contributed by atoms with van der Waals surface area (Å²) in [4.78, 5) is 2.24. The van der Waals surface area contributed by atoms with Gasteiger partial charge in [0.2, 0.25) is 5.88 Å². The number of aryl methyl sites for hydroxylation is 1. The summed E-state index contributed by atoms with van der Waals surface area (Å²) in [6.45, 7) is 5.71. The lowest BCUT2D eigenvalue weighted by Gasteiger charge is -2.30. The number of aliphatic hydroxyl groups is 1. The van der Waals surface area contributed by atoms with Crippen molar-refractivity contribution >= 4 is 0 Å². The summed E-state index contributed by atoms with van der Waals surface area (Å²) in [6.07, 6.45) is 5.54. The standard InChI is InChI=1S/C27H33N3O3/c1-5-17-32-20-23(31)18-30(21(3)6-2)19-25-26(22-13-9-7-10-14-22)28-29(4)27(25)33-24-15-11-8-12-16-24/h1,7-16,21,23,31H,6,17-20H2,2-4H3/t21-,23-/m1/s1. The lowest BCUT2D eigenvalue weighted by Crippen LogP contribution is -2.40. The van der Waals surface area contributed by atoms with Crippen LogP contribution >= 0.6 is 0 Å². The number of terminal acetylenes is 1. The fraction of sp³-hybridized carbons (Fsp3) is 0.370. The predicted molar refractivity (Wildman–Crippen MR) is 131 cm³/mol. The normalized spacial score (nSPS) is 13.0. The highest BCUT2D eigenvalue weighted by Gasteiger charge is 2.25. The van der Waals surface area contributed by atoms with E-state index >= 15 is 0 Å². The molecule has 3 rings (SSSR count). The number of rotatable bonds is 12. The molecule has 0 saturated carbocycles. The lowest BCUT2D eigenvalue weighted by molar-refractivity contribution is 0.0169. The van der Waals surface area contributed by atoms with E-state index in [1.54, 1.807) is 4.68 Å². The van der Waals surface area contributed by atoms with Gasteiger partial charge in [-0.2, -0.15) is 5.10 Å². The zero-order valence-corrected chi connectivity index (χ0v) is 19.6. The Balaban J connectivity index is 1.95. The molecule has 174 valence electrons. The van der Waals surface area contributed by atoms with E-state index in [0.717, 1.165) is 29.0 Å². The quantitative estimate of drug-likeness (QED) is 0.327. The minimum atomic E-state index is -0.650. The molecule has 0 radical (unpaired) electrons. The van der Waals surface area contributed by atoms with Crippen LogP contribution in [0.25, 0.3) is 11.3 Å². The van der Waals surface area contributed by atoms with E-state index in [-0.39, 0.29) is 19.3 Å². The van der Waals surface area contributed by atoms with Gasteiger partial charge in [0.15, 0.2) is 0 Å². The van der Waals surface area contributed by atoms with Crippen LogP contribution in [0.4, 0.5) is 0 Å². The summed E-state index contributed by atoms with van der Waals surface area (Å²) in [7, 11) is 1.89. The number of para-hydroxylation sites is 1. The minimum absolute atomic E-state index is 0.191. The van der Waals surface area contributed by atoms with E-state index in [0.29, 0.717) is 19.0 Å². The van der Waals surface area contributed by atoms with Crippen LogP contribution in [-0.2, 0) is 18.3 Å². The van der Waals surface area contributed by atoms with Crippen molar-refractivity contribution < 1.29 is 14.6 Å². The third kappa shape index (κ3) is 6.69. The molecule has 0 bridgehead atoms. The van der Waals surface area contributed by atoms with Gasteiger partial charge in [-0.3, -0.25) is 4.90 Å². The average molecular weight is 448 g/mol. The lowest BCUT2D eigenvalue weighted by atomic mass is 10.1. The maximum absolute atomic E-state index is 10.6. The van der Waals surface area contributed by atoms with E-state index < -0.39 is 6.10 Å². The molecule has 1 N–H and O–H groups in total. The minimum Gasteiger partial charge on any atom is -0.439 e. The fourth-order valence-corrected chi connectivity index (χ4v) is 3.69. The van der Waals surface area contributed by atoms with Gasteiger partial charge < -0.3 is 14.6 Å². The molecule has 2 atom stereocenters. The maximum Gasteiger partial charge on any atom is 0.222 e. The first kappa shape index (κ1) is 24.5. The van der Waals surface area contributed by atoms with Gasteiger partial charge in [-0.25, -0.2) is 4.68 Å². The molecular formula is C27H33N3O3. The smallest absolute Gasteiger partial charge is 0.222 e. The second kappa shape index (κ2) is 12.2. The summed E-state index contributed by atoms with van der Waals surface area (Å²) in [5.74, 6) is 3.87. The molecule has 6 heteroatoms. The molecule has 0 amide bonds. The first-order valence-electron chi connectivity index (χ1n) is 11.3. The highest BCUT2D eigenvalue weighted by molar-refractivity contribution is 5.65. The topological polar surface area (TPSA) is 59.8 Å². The predicted octanol–water partition coefficient (Wildman–Crippen LogP) is 4.49. The molecule has 0 fully saturated rings. The van der Waals surface area contributed by atoms with Crippen LogP contribution in [-0.4, -0.2) is 51.7 Å². The van der Waals surface area contributed by atoms with Gasteiger partial charge >= 0.3 is 0 Å². The number of hydrogen-bond acceptors (Lipinski definition) is 5. The van der Waals surface area contributed by atoms with Crippen molar-refractivity contribution in [3.05, 3.63) is 66.2 Å². The van der Waals surface area contributed by atoms with Crippen molar-refractivity contribution in [1.82, 2.24) is 14.7 Å². The summed E-state index contributed by atoms with van der Waals surface area (Å²) in [5, 5.41) is 15.4. The average Bonchev–Trinajstić information content (AvgIpc) is 3.14. The van der Waals surface area contributed by atoms with Crippen LogP contribution in [0.15, 0.2) is 60.7 Å². The molecule has 6 nitrogen and oxygen atoms in total. The molecule has 33 heavy (non-hydrogen) atoms. The van der Waals surface area contributed by atoms with Crippen molar-refractivity contribution in [1.29, 1.82) is 0 Å². The first-order valence-corrected chi connectivity index (χ1v) is 11.3. The van der Waals surface area contributed by atoms with Gasteiger partial charge in [-0.05, 0) is 25.5 Å². The first-order chi connectivity index (χ1) is 16.0. The maximum atomic E-state index is 10.6. The van der Waals surface area contributed by atoms with E-state index in [1.165, 1.54) is 0 Å². The van der Waals surface area contributed by atoms with Crippen LogP contribution < -0.4 is 4.74 Å². The Morgan fingerprint density at radius 1 is 1.12 bits per heavy atom. The molecule has 3 aromatic rings. The van der Waals surface area contributed by atoms with Crippen LogP contribution in [0.3, 0.4) is 0 Å². The molecule has 1 heterocycles. The van der Waals surface area contributed by atoms with Crippen molar-refractivity contribution in [2.45, 2.75) is 39.0 Å². The van der Waals surface area contributed by atoms with E-state index in [9.17, 15) is 5.11 Å². The third-order valence-electron chi connectivity index (χ3n) is 5.61. The van der Waals surface area contributed by atoms with Crippen molar-refractivity contribution in [2.75, 3.05) is 19.8 Å². The van der Waals surface area contributed by atoms with E-state index in [2.05, 4.69) is 24.7 Å². The molecule has 0 aliphatic carbocycles. The van der Waals surface area contributed by atoms with Crippen molar-refractivity contribution in [2.24, 2.45) is 7.05 Å². The number of benzene rings is 2. The molecule has 1 aromatic heterocycles. The van der Waals surface area contributed by atoms with Gasteiger partial charge in [-0.1, -0.05) is 61.4 Å². The molecule has 0 saturated heterocycles. The summed E-state index contributed by atoms with van der Waals surface area (Å²) < 4.78 is 13.4. The largest absolute Gasteiger partial charge is 0.439 e. The Labute approximate surface area is 196 Å². The monoisotopic (exact) mass is 447 g/mol. The highest BCUT2D eigenvalue weighted by Crippen LogP contribution is 2.34. The van der Waals surface area contributed by atoms with E-state index in [4.69, 9.17) is 21.0 Å². The SMILES string of the molecule is C#CCOC[C@H](O)CN(Cc1c(-c2ccccc2)nn(C)c1Oc1ccccc1)[C@H](C)CC. The Morgan fingerprint density at radius 2 is 1.79 bits per heavy atom. The summed E-state index contributed by atoms with van der Waals surface area (Å²) in [6, 6.07) is 20.0. The third-order valence-corrected chi connectivity index (χ3v) is 5.61. The Kier molecular flexibility index (Phi) is 9.08. The van der Waals surface area contributed by atoms with Crippen LogP contribution in [0, 0.1) is 12.3 Å². The Morgan fingerprint density at radius 3 is 2.42 bits per heavy atom. The number of nitrogens with zero attached hydrogens (tertiary/aromatic N) is 3. The van der Waals surface area contributed by atoms with Crippen molar-refractivity contribution in [3.8, 4) is 35.2 Å². The molecule has 0 unspecified atom stereocenters. The molecule has 0 spiro atoms. The Bertz CT molecular complexity index is 1030. The Hall–Kier alpha value is -3.11. The summed E-state index contributed by atoms with van der Waals surface area (Å²) >= 11 is 0. The van der Waals surface area contributed by atoms with Gasteiger partial charge in [0.05, 0.1) is 18.3 Å². The highest BCUT2D eigenvalue weighted by atomic mass is 16.5. The number of hydrogen-bond donors (Lipinski definition) is 1. The molecule has 0 aliphatic rings. The summed E-state index contributed by atoms with van der Waals surface area (Å²) in [5.41, 5.74) is 2.87. The van der Waals surface area contributed by atoms with Gasteiger partial charge in [0.25, 0.3) is 0 Å². The van der Waals surface area contributed by atoms with Crippen LogP contribution in [0.5, 0.6) is 11.6 Å². The zero-order valence-electron chi connectivity index (χ0n) is 19.6. The van der Waals surface area contributed by atoms with Gasteiger partial charge in [-0.15, -0.1) is 6.42 Å². The van der Waals surface area contributed by atoms with Crippen LogP contribution in [0.1, 0.15) is 25.8 Å². The molecule has 0 aliphatic heterocycles. The fourth-order valence-electron chi connectivity index (χ4n) is 3.69. The van der Waals surface area contributed by atoms with Gasteiger partial charge in [0.1, 0.15) is 18.1 Å². The second-order valence-corrected chi connectivity index (χ2v) is 8.10.